The molecule has 8 heteroatoms. The number of aromatic nitrogens is 2. The molecule has 0 atom stereocenters. The molecule has 0 aliphatic rings. The van der Waals surface area contributed by atoms with Crippen LogP contribution in [0.15, 0.2) is 40.4 Å². The summed E-state index contributed by atoms with van der Waals surface area (Å²) in [6, 6.07) is 4.83. The molecule has 0 radical (unpaired) electrons. The lowest BCUT2D eigenvalue weighted by Gasteiger charge is -2.07. The zero-order chi connectivity index (χ0) is 15.9. The summed E-state index contributed by atoms with van der Waals surface area (Å²) in [5, 5.41) is 24.2. The number of phenolic OH excluding ortho intramolecular Hbond substituents is 1. The normalized spacial score (nSPS) is 11.4. The van der Waals surface area contributed by atoms with Crippen molar-refractivity contribution in [2.24, 2.45) is 5.16 Å². The van der Waals surface area contributed by atoms with Crippen molar-refractivity contribution < 1.29 is 15.1 Å². The smallest absolute Gasteiger partial charge is 0.269 e. The molecule has 22 heavy (non-hydrogen) atoms. The van der Waals surface area contributed by atoms with Gasteiger partial charge in [-0.3, -0.25) is 4.79 Å². The molecule has 1 aromatic carbocycles. The summed E-state index contributed by atoms with van der Waals surface area (Å²) in [6.07, 6.45) is 4.02. The minimum Gasteiger partial charge on any atom is -0.507 e. The van der Waals surface area contributed by atoms with Gasteiger partial charge in [0.2, 0.25) is 0 Å². The Bertz CT molecular complexity index is 671. The van der Waals surface area contributed by atoms with Crippen LogP contribution in [0.3, 0.4) is 0 Å². The van der Waals surface area contributed by atoms with Crippen LogP contribution in [0, 0.1) is 0 Å². The van der Waals surface area contributed by atoms with Crippen molar-refractivity contribution in [1.82, 2.24) is 15.3 Å². The number of rotatable bonds is 6. The van der Waals surface area contributed by atoms with Crippen LogP contribution in [0.4, 0.5) is 0 Å². The van der Waals surface area contributed by atoms with Gasteiger partial charge in [-0.05, 0) is 33.6 Å². The fourth-order valence-electron chi connectivity index (χ4n) is 1.85. The lowest BCUT2D eigenvalue weighted by Crippen LogP contribution is -2.33. The van der Waals surface area contributed by atoms with Crippen LogP contribution in [0.1, 0.15) is 11.3 Å². The Balaban J connectivity index is 1.90. The Hall–Kier alpha value is -2.35. The molecular formula is C14H15BrN4O3. The second-order valence-electron chi connectivity index (χ2n) is 4.59. The molecule has 0 saturated carbocycles. The lowest BCUT2D eigenvalue weighted by molar-refractivity contribution is -0.115. The van der Waals surface area contributed by atoms with Crippen molar-refractivity contribution in [3.05, 3.63) is 46.5 Å². The third-order valence-electron chi connectivity index (χ3n) is 3.00. The number of amides is 1. The Morgan fingerprint density at radius 3 is 2.91 bits per heavy atom. The van der Waals surface area contributed by atoms with Crippen LogP contribution < -0.4 is 5.32 Å². The van der Waals surface area contributed by atoms with Gasteiger partial charge in [0.1, 0.15) is 11.5 Å². The van der Waals surface area contributed by atoms with Gasteiger partial charge in [-0.25, -0.2) is 4.98 Å². The molecule has 2 rings (SSSR count). The van der Waals surface area contributed by atoms with Crippen molar-refractivity contribution in [1.29, 1.82) is 0 Å². The Kier molecular flexibility index (Phi) is 5.54. The van der Waals surface area contributed by atoms with Crippen LogP contribution >= 0.6 is 15.9 Å². The zero-order valence-electron chi connectivity index (χ0n) is 11.6. The Morgan fingerprint density at radius 2 is 2.27 bits per heavy atom. The highest BCUT2D eigenvalue weighted by atomic mass is 79.9. The number of carbonyl (C=O) groups excluding carboxylic acids is 1. The maximum Gasteiger partial charge on any atom is 0.269 e. The quantitative estimate of drug-likeness (QED) is 0.353. The molecule has 0 aliphatic heterocycles. The first kappa shape index (κ1) is 16.0. The summed E-state index contributed by atoms with van der Waals surface area (Å²) in [6.45, 7) is 0.402. The number of H-pyrrole nitrogens is 1. The van der Waals surface area contributed by atoms with Crippen LogP contribution in [0.2, 0.25) is 0 Å². The molecule has 7 nitrogen and oxygen atoms in total. The number of aromatic amines is 1. The van der Waals surface area contributed by atoms with E-state index in [2.05, 4.69) is 36.4 Å². The maximum atomic E-state index is 12.0. The number of imidazole rings is 1. The van der Waals surface area contributed by atoms with E-state index in [4.69, 9.17) is 5.21 Å². The lowest BCUT2D eigenvalue weighted by atomic mass is 10.1. The van der Waals surface area contributed by atoms with Crippen LogP contribution in [-0.4, -0.2) is 38.4 Å². The standard InChI is InChI=1S/C14H15BrN4O3/c15-11-5-9(1-2-13(11)20)6-12(19-22)14(21)17-4-3-10-7-16-8-18-10/h1-2,5,7-8,20,22H,3-4,6H2,(H,16,18)(H,17,21). The van der Waals surface area contributed by atoms with E-state index in [0.29, 0.717) is 17.4 Å². The van der Waals surface area contributed by atoms with E-state index in [-0.39, 0.29) is 17.9 Å². The van der Waals surface area contributed by atoms with Gasteiger partial charge in [0.05, 0.1) is 10.8 Å². The average Bonchev–Trinajstić information content (AvgIpc) is 3.01. The highest BCUT2D eigenvalue weighted by Crippen LogP contribution is 2.24. The predicted molar refractivity (Wildman–Crippen MR) is 84.0 cm³/mol. The molecule has 1 aromatic heterocycles. The van der Waals surface area contributed by atoms with E-state index in [1.807, 2.05) is 0 Å². The number of phenols is 1. The number of benzene rings is 1. The number of carbonyl (C=O) groups is 1. The largest absolute Gasteiger partial charge is 0.507 e. The van der Waals surface area contributed by atoms with Crippen molar-refractivity contribution in [3.63, 3.8) is 0 Å². The molecule has 0 aliphatic carbocycles. The van der Waals surface area contributed by atoms with Gasteiger partial charge in [-0.2, -0.15) is 0 Å². The number of nitrogens with zero attached hydrogens (tertiary/aromatic N) is 2. The first-order valence-corrected chi connectivity index (χ1v) is 7.33. The minimum absolute atomic E-state index is 0.00204. The van der Waals surface area contributed by atoms with Gasteiger partial charge in [0.25, 0.3) is 5.91 Å². The summed E-state index contributed by atoms with van der Waals surface area (Å²) in [5.74, 6) is -0.332. The molecule has 0 spiro atoms. The van der Waals surface area contributed by atoms with Crippen molar-refractivity contribution in [2.75, 3.05) is 6.54 Å². The second kappa shape index (κ2) is 7.60. The molecule has 4 N–H and O–H groups in total. The van der Waals surface area contributed by atoms with E-state index in [1.165, 1.54) is 6.07 Å². The fraction of sp³-hybridized carbons (Fsp3) is 0.214. The number of oxime groups is 1. The van der Waals surface area contributed by atoms with E-state index < -0.39 is 5.91 Å². The molecule has 0 bridgehead atoms. The van der Waals surface area contributed by atoms with Gasteiger partial charge in [-0.15, -0.1) is 0 Å². The summed E-state index contributed by atoms with van der Waals surface area (Å²) in [7, 11) is 0. The highest BCUT2D eigenvalue weighted by molar-refractivity contribution is 9.10. The van der Waals surface area contributed by atoms with Gasteiger partial charge in [0, 0.05) is 31.3 Å². The minimum atomic E-state index is -0.439. The summed E-state index contributed by atoms with van der Waals surface area (Å²) in [5.41, 5.74) is 1.65. The van der Waals surface area contributed by atoms with E-state index in [0.717, 1.165) is 11.3 Å². The van der Waals surface area contributed by atoms with Crippen LogP contribution in [0.25, 0.3) is 0 Å². The molecule has 2 aromatic rings. The van der Waals surface area contributed by atoms with E-state index in [9.17, 15) is 9.90 Å². The summed E-state index contributed by atoms with van der Waals surface area (Å²) >= 11 is 3.20. The monoisotopic (exact) mass is 366 g/mol. The number of aromatic hydroxyl groups is 1. The molecule has 1 amide bonds. The number of hydrogen-bond acceptors (Lipinski definition) is 5. The van der Waals surface area contributed by atoms with Crippen LogP contribution in [-0.2, 0) is 17.6 Å². The highest BCUT2D eigenvalue weighted by Gasteiger charge is 2.13. The molecule has 0 fully saturated rings. The molecular weight excluding hydrogens is 352 g/mol. The Labute approximate surface area is 135 Å². The van der Waals surface area contributed by atoms with E-state index >= 15 is 0 Å². The van der Waals surface area contributed by atoms with Crippen molar-refractivity contribution in [2.45, 2.75) is 12.8 Å². The predicted octanol–water partition coefficient (Wildman–Crippen LogP) is 1.61. The third kappa shape index (κ3) is 4.32. The van der Waals surface area contributed by atoms with Gasteiger partial charge >= 0.3 is 0 Å². The van der Waals surface area contributed by atoms with Gasteiger partial charge in [0.15, 0.2) is 0 Å². The van der Waals surface area contributed by atoms with Crippen molar-refractivity contribution in [3.8, 4) is 5.75 Å². The van der Waals surface area contributed by atoms with Crippen LogP contribution in [0.5, 0.6) is 5.75 Å². The van der Waals surface area contributed by atoms with E-state index in [1.54, 1.807) is 24.7 Å². The Morgan fingerprint density at radius 1 is 1.45 bits per heavy atom. The zero-order valence-corrected chi connectivity index (χ0v) is 13.2. The first-order chi connectivity index (χ1) is 10.6. The second-order valence-corrected chi connectivity index (χ2v) is 5.45. The third-order valence-corrected chi connectivity index (χ3v) is 3.64. The average molecular weight is 367 g/mol. The molecule has 0 saturated heterocycles. The molecule has 116 valence electrons. The number of halogens is 1. The maximum absolute atomic E-state index is 12.0. The first-order valence-electron chi connectivity index (χ1n) is 6.54. The number of nitrogens with one attached hydrogen (secondary N) is 2. The molecule has 0 unspecified atom stereocenters. The molecule has 1 heterocycles. The topological polar surface area (TPSA) is 111 Å². The summed E-state index contributed by atoms with van der Waals surface area (Å²) < 4.78 is 0.516. The van der Waals surface area contributed by atoms with Crippen molar-refractivity contribution >= 4 is 27.5 Å². The summed E-state index contributed by atoms with van der Waals surface area (Å²) in [4.78, 5) is 18.8. The number of hydrogen-bond donors (Lipinski definition) is 4. The van der Waals surface area contributed by atoms with Gasteiger partial charge < -0.3 is 20.6 Å². The fourth-order valence-corrected chi connectivity index (χ4v) is 2.28. The van der Waals surface area contributed by atoms with Gasteiger partial charge in [-0.1, -0.05) is 11.2 Å². The SMILES string of the molecule is O=C(NCCc1cnc[nH]1)C(Cc1ccc(O)c(Br)c1)=NO.